The number of nitrogens with zero attached hydrogens (tertiary/aromatic N) is 1. The lowest BCUT2D eigenvalue weighted by atomic mass is 10.1. The van der Waals surface area contributed by atoms with Crippen molar-refractivity contribution < 1.29 is 9.53 Å². The largest absolute Gasteiger partial charge is 0.383 e. The van der Waals surface area contributed by atoms with Gasteiger partial charge in [0.25, 0.3) is 5.91 Å². The van der Waals surface area contributed by atoms with E-state index in [4.69, 9.17) is 10.6 Å². The van der Waals surface area contributed by atoms with Crippen LogP contribution in [0.25, 0.3) is 0 Å². The molecule has 0 spiro atoms. The topological polar surface area (TPSA) is 67.6 Å². The SMILES string of the molecule is CCN(Cc1ccc(C(=O)NN)cc1)C(C)COC. The molecule has 5 nitrogen and oxygen atoms in total. The average Bonchev–Trinajstić information content (AvgIpc) is 2.44. The van der Waals surface area contributed by atoms with E-state index in [9.17, 15) is 4.79 Å². The Hall–Kier alpha value is -1.43. The van der Waals surface area contributed by atoms with Crippen LogP contribution in [0.15, 0.2) is 24.3 Å². The van der Waals surface area contributed by atoms with Gasteiger partial charge in [-0.15, -0.1) is 0 Å². The molecule has 0 saturated carbocycles. The maximum absolute atomic E-state index is 11.3. The maximum Gasteiger partial charge on any atom is 0.265 e. The van der Waals surface area contributed by atoms with Gasteiger partial charge in [-0.1, -0.05) is 19.1 Å². The summed E-state index contributed by atoms with van der Waals surface area (Å²) in [7, 11) is 1.71. The second-order valence-electron chi connectivity index (χ2n) is 4.54. The summed E-state index contributed by atoms with van der Waals surface area (Å²) in [6.07, 6.45) is 0. The normalized spacial score (nSPS) is 12.5. The van der Waals surface area contributed by atoms with Gasteiger partial charge in [0.2, 0.25) is 0 Å². The first-order valence-electron chi connectivity index (χ1n) is 6.45. The highest BCUT2D eigenvalue weighted by Crippen LogP contribution is 2.10. The zero-order valence-electron chi connectivity index (χ0n) is 11.8. The third kappa shape index (κ3) is 4.63. The number of nitrogens with two attached hydrogens (primary N) is 1. The fourth-order valence-electron chi connectivity index (χ4n) is 2.01. The Kier molecular flexibility index (Phi) is 6.49. The summed E-state index contributed by atoms with van der Waals surface area (Å²) in [5.41, 5.74) is 3.86. The third-order valence-corrected chi connectivity index (χ3v) is 3.17. The smallest absolute Gasteiger partial charge is 0.265 e. The molecule has 1 amide bonds. The number of hydrogen-bond donors (Lipinski definition) is 2. The Morgan fingerprint density at radius 2 is 2.05 bits per heavy atom. The molecule has 0 aliphatic rings. The minimum Gasteiger partial charge on any atom is -0.383 e. The number of carbonyl (C=O) groups is 1. The van der Waals surface area contributed by atoms with Gasteiger partial charge in [0.05, 0.1) is 6.61 Å². The summed E-state index contributed by atoms with van der Waals surface area (Å²) in [6, 6.07) is 7.83. The lowest BCUT2D eigenvalue weighted by molar-refractivity contribution is 0.0953. The van der Waals surface area contributed by atoms with Gasteiger partial charge in [0, 0.05) is 25.3 Å². The molecule has 106 valence electrons. The lowest BCUT2D eigenvalue weighted by Gasteiger charge is -2.27. The molecule has 0 aliphatic heterocycles. The van der Waals surface area contributed by atoms with Gasteiger partial charge < -0.3 is 4.74 Å². The van der Waals surface area contributed by atoms with Crippen LogP contribution in [0.5, 0.6) is 0 Å². The van der Waals surface area contributed by atoms with Crippen LogP contribution >= 0.6 is 0 Å². The van der Waals surface area contributed by atoms with E-state index in [0.717, 1.165) is 13.1 Å². The highest BCUT2D eigenvalue weighted by Gasteiger charge is 2.12. The first kappa shape index (κ1) is 15.6. The van der Waals surface area contributed by atoms with Crippen molar-refractivity contribution in [3.05, 3.63) is 35.4 Å². The summed E-state index contributed by atoms with van der Waals surface area (Å²) in [5, 5.41) is 0. The Labute approximate surface area is 114 Å². The zero-order valence-corrected chi connectivity index (χ0v) is 11.8. The van der Waals surface area contributed by atoms with Crippen molar-refractivity contribution >= 4 is 5.91 Å². The molecule has 1 atom stereocenters. The quantitative estimate of drug-likeness (QED) is 0.441. The molecule has 0 fully saturated rings. The van der Waals surface area contributed by atoms with Gasteiger partial charge in [-0.3, -0.25) is 15.1 Å². The molecule has 5 heteroatoms. The third-order valence-electron chi connectivity index (χ3n) is 3.17. The number of likely N-dealkylation sites (N-methyl/N-ethyl adjacent to an activating group) is 1. The van der Waals surface area contributed by atoms with Crippen molar-refractivity contribution in [1.82, 2.24) is 10.3 Å². The molecule has 0 aliphatic carbocycles. The number of carbonyl (C=O) groups excluding carboxylic acids is 1. The number of rotatable bonds is 7. The van der Waals surface area contributed by atoms with Crippen molar-refractivity contribution in [3.8, 4) is 0 Å². The molecular formula is C14H23N3O2. The van der Waals surface area contributed by atoms with E-state index in [1.807, 2.05) is 12.1 Å². The molecule has 1 aromatic rings. The average molecular weight is 265 g/mol. The summed E-state index contributed by atoms with van der Waals surface area (Å²) >= 11 is 0. The highest BCUT2D eigenvalue weighted by molar-refractivity contribution is 5.93. The van der Waals surface area contributed by atoms with E-state index < -0.39 is 0 Å². The summed E-state index contributed by atoms with van der Waals surface area (Å²) in [6.45, 7) is 6.77. The Morgan fingerprint density at radius 3 is 2.53 bits per heavy atom. The minimum atomic E-state index is -0.272. The monoisotopic (exact) mass is 265 g/mol. The molecule has 0 aromatic heterocycles. The Morgan fingerprint density at radius 1 is 1.42 bits per heavy atom. The molecule has 1 aromatic carbocycles. The van der Waals surface area contributed by atoms with Crippen LogP contribution in [0, 0.1) is 0 Å². The van der Waals surface area contributed by atoms with Crippen LogP contribution in [-0.4, -0.2) is 37.1 Å². The van der Waals surface area contributed by atoms with E-state index in [-0.39, 0.29) is 5.91 Å². The van der Waals surface area contributed by atoms with Crippen LogP contribution in [0.1, 0.15) is 29.8 Å². The first-order chi connectivity index (χ1) is 9.12. The van der Waals surface area contributed by atoms with Crippen molar-refractivity contribution in [1.29, 1.82) is 0 Å². The van der Waals surface area contributed by atoms with Gasteiger partial charge in [-0.25, -0.2) is 5.84 Å². The number of nitrogen functional groups attached to an aromatic ring is 1. The van der Waals surface area contributed by atoms with Crippen molar-refractivity contribution in [2.45, 2.75) is 26.4 Å². The Bertz CT molecular complexity index is 392. The van der Waals surface area contributed by atoms with Crippen LogP contribution in [0.4, 0.5) is 0 Å². The number of hydrogen-bond acceptors (Lipinski definition) is 4. The summed E-state index contributed by atoms with van der Waals surface area (Å²) < 4.78 is 5.18. The standard InChI is InChI=1S/C14H23N3O2/c1-4-17(11(2)10-19-3)9-12-5-7-13(8-6-12)14(18)16-15/h5-8,11H,4,9-10,15H2,1-3H3,(H,16,18). The van der Waals surface area contributed by atoms with Gasteiger partial charge in [-0.05, 0) is 31.2 Å². The van der Waals surface area contributed by atoms with Crippen LogP contribution < -0.4 is 11.3 Å². The second kappa shape index (κ2) is 7.89. The molecule has 0 radical (unpaired) electrons. The minimum absolute atomic E-state index is 0.272. The van der Waals surface area contributed by atoms with Gasteiger partial charge in [-0.2, -0.15) is 0 Å². The fourth-order valence-corrected chi connectivity index (χ4v) is 2.01. The number of methoxy groups -OCH3 is 1. The predicted octanol–water partition coefficient (Wildman–Crippen LogP) is 1.15. The highest BCUT2D eigenvalue weighted by atomic mass is 16.5. The number of ether oxygens (including phenoxy) is 1. The molecule has 3 N–H and O–H groups in total. The summed E-state index contributed by atoms with van der Waals surface area (Å²) in [5.74, 6) is 4.82. The fraction of sp³-hybridized carbons (Fsp3) is 0.500. The predicted molar refractivity (Wildman–Crippen MR) is 75.5 cm³/mol. The van der Waals surface area contributed by atoms with Crippen molar-refractivity contribution in [2.24, 2.45) is 5.84 Å². The van der Waals surface area contributed by atoms with E-state index in [0.29, 0.717) is 18.2 Å². The van der Waals surface area contributed by atoms with Crippen LogP contribution in [0.2, 0.25) is 0 Å². The number of nitrogens with one attached hydrogen (secondary N) is 1. The van der Waals surface area contributed by atoms with Gasteiger partial charge in [0.1, 0.15) is 0 Å². The van der Waals surface area contributed by atoms with E-state index in [1.165, 1.54) is 5.56 Å². The van der Waals surface area contributed by atoms with Crippen molar-refractivity contribution in [3.63, 3.8) is 0 Å². The van der Waals surface area contributed by atoms with E-state index in [1.54, 1.807) is 19.2 Å². The second-order valence-corrected chi connectivity index (χ2v) is 4.54. The Balaban J connectivity index is 2.67. The van der Waals surface area contributed by atoms with Gasteiger partial charge in [0.15, 0.2) is 0 Å². The number of amides is 1. The molecule has 0 saturated heterocycles. The molecular weight excluding hydrogens is 242 g/mol. The summed E-state index contributed by atoms with van der Waals surface area (Å²) in [4.78, 5) is 13.7. The molecule has 1 rings (SSSR count). The van der Waals surface area contributed by atoms with Crippen molar-refractivity contribution in [2.75, 3.05) is 20.3 Å². The van der Waals surface area contributed by atoms with E-state index in [2.05, 4.69) is 24.2 Å². The molecule has 0 bridgehead atoms. The molecule has 1 unspecified atom stereocenters. The molecule has 19 heavy (non-hydrogen) atoms. The molecule has 0 heterocycles. The maximum atomic E-state index is 11.3. The van der Waals surface area contributed by atoms with Crippen LogP contribution in [-0.2, 0) is 11.3 Å². The lowest BCUT2D eigenvalue weighted by Crippen LogP contribution is -2.35. The zero-order chi connectivity index (χ0) is 14.3. The number of hydrazine groups is 1. The van der Waals surface area contributed by atoms with Gasteiger partial charge >= 0.3 is 0 Å². The number of benzene rings is 1. The van der Waals surface area contributed by atoms with E-state index >= 15 is 0 Å². The van der Waals surface area contributed by atoms with Crippen LogP contribution in [0.3, 0.4) is 0 Å². The first-order valence-corrected chi connectivity index (χ1v) is 6.45.